The molecule has 0 radical (unpaired) electrons. The number of aryl methyl sites for hydroxylation is 1. The van der Waals surface area contributed by atoms with Crippen molar-refractivity contribution in [1.29, 1.82) is 0 Å². The summed E-state index contributed by atoms with van der Waals surface area (Å²) in [6, 6.07) is 0. The zero-order valence-electron chi connectivity index (χ0n) is 13.2. The first-order valence-corrected chi connectivity index (χ1v) is 8.23. The van der Waals surface area contributed by atoms with Crippen molar-refractivity contribution in [1.82, 2.24) is 10.1 Å². The van der Waals surface area contributed by atoms with Crippen molar-refractivity contribution >= 4 is 5.97 Å². The summed E-state index contributed by atoms with van der Waals surface area (Å²) in [5, 5.41) is 4.05. The maximum atomic E-state index is 12.5. The third kappa shape index (κ3) is 3.63. The summed E-state index contributed by atoms with van der Waals surface area (Å²) in [7, 11) is 0. The monoisotopic (exact) mass is 294 g/mol. The molecule has 1 aromatic heterocycles. The number of hydrogen-bond acceptors (Lipinski definition) is 5. The average Bonchev–Trinajstić information content (AvgIpc) is 2.82. The number of ether oxygens (including phenoxy) is 1. The molecule has 1 aliphatic rings. The third-order valence-electron chi connectivity index (χ3n) is 4.25. The van der Waals surface area contributed by atoms with Crippen LogP contribution in [-0.4, -0.2) is 22.7 Å². The molecule has 1 fully saturated rings. The summed E-state index contributed by atoms with van der Waals surface area (Å²) < 4.78 is 10.8. The molecule has 1 aromatic rings. The van der Waals surface area contributed by atoms with Crippen molar-refractivity contribution in [3.63, 3.8) is 0 Å². The van der Waals surface area contributed by atoms with Crippen LogP contribution in [0.2, 0.25) is 0 Å². The summed E-state index contributed by atoms with van der Waals surface area (Å²) in [5.74, 6) is 0.978. The van der Waals surface area contributed by atoms with E-state index in [1.54, 1.807) is 0 Å². The van der Waals surface area contributed by atoms with Gasteiger partial charge in [-0.2, -0.15) is 4.98 Å². The Morgan fingerprint density at radius 1 is 1.24 bits per heavy atom. The Hall–Kier alpha value is -1.39. The van der Waals surface area contributed by atoms with Crippen LogP contribution < -0.4 is 0 Å². The van der Waals surface area contributed by atoms with Crippen LogP contribution in [0.25, 0.3) is 0 Å². The highest BCUT2D eigenvalue weighted by molar-refractivity contribution is 5.81. The van der Waals surface area contributed by atoms with Crippen LogP contribution >= 0.6 is 0 Å². The van der Waals surface area contributed by atoms with Crippen LogP contribution in [-0.2, 0) is 21.4 Å². The lowest BCUT2D eigenvalue weighted by atomic mass is 9.80. The quantitative estimate of drug-likeness (QED) is 0.593. The molecular formula is C16H26N2O3. The summed E-state index contributed by atoms with van der Waals surface area (Å²) in [6.45, 7) is 4.35. The molecule has 5 nitrogen and oxygen atoms in total. The van der Waals surface area contributed by atoms with E-state index >= 15 is 0 Å². The second-order valence-corrected chi connectivity index (χ2v) is 5.84. The normalized spacial score (nSPS) is 18.2. The highest BCUT2D eigenvalue weighted by Gasteiger charge is 2.46. The van der Waals surface area contributed by atoms with Gasteiger partial charge in [0.25, 0.3) is 0 Å². The molecular weight excluding hydrogens is 268 g/mol. The van der Waals surface area contributed by atoms with Gasteiger partial charge in [-0.15, -0.1) is 0 Å². The van der Waals surface area contributed by atoms with Crippen molar-refractivity contribution in [2.24, 2.45) is 0 Å². The second kappa shape index (κ2) is 7.57. The molecule has 2 rings (SSSR count). The Morgan fingerprint density at radius 2 is 1.95 bits per heavy atom. The van der Waals surface area contributed by atoms with E-state index < -0.39 is 5.41 Å². The smallest absolute Gasteiger partial charge is 0.321 e. The van der Waals surface area contributed by atoms with E-state index in [0.29, 0.717) is 18.3 Å². The molecule has 0 amide bonds. The van der Waals surface area contributed by atoms with Gasteiger partial charge in [0, 0.05) is 6.42 Å². The van der Waals surface area contributed by atoms with E-state index in [1.165, 1.54) is 0 Å². The molecule has 1 saturated carbocycles. The van der Waals surface area contributed by atoms with E-state index in [2.05, 4.69) is 17.1 Å². The maximum Gasteiger partial charge on any atom is 0.321 e. The Labute approximate surface area is 126 Å². The second-order valence-electron chi connectivity index (χ2n) is 5.84. The van der Waals surface area contributed by atoms with Gasteiger partial charge >= 0.3 is 5.97 Å². The number of nitrogens with zero attached hydrogens (tertiary/aromatic N) is 2. The van der Waals surface area contributed by atoms with E-state index in [4.69, 9.17) is 9.26 Å². The molecule has 1 heterocycles. The fraction of sp³-hybridized carbons (Fsp3) is 0.812. The average molecular weight is 294 g/mol. The van der Waals surface area contributed by atoms with Gasteiger partial charge in [-0.3, -0.25) is 4.79 Å². The molecule has 5 heteroatoms. The van der Waals surface area contributed by atoms with Crippen molar-refractivity contribution < 1.29 is 14.1 Å². The molecule has 0 atom stereocenters. The number of esters is 1. The van der Waals surface area contributed by atoms with Gasteiger partial charge in [0.15, 0.2) is 5.82 Å². The molecule has 0 N–H and O–H groups in total. The predicted octanol–water partition coefficient (Wildman–Crippen LogP) is 3.57. The predicted molar refractivity (Wildman–Crippen MR) is 78.9 cm³/mol. The van der Waals surface area contributed by atoms with Crippen LogP contribution in [0.4, 0.5) is 0 Å². The minimum atomic E-state index is -0.718. The fourth-order valence-corrected chi connectivity index (χ4v) is 2.99. The zero-order chi connectivity index (χ0) is 15.1. The van der Waals surface area contributed by atoms with Crippen LogP contribution in [0, 0.1) is 0 Å². The van der Waals surface area contributed by atoms with Gasteiger partial charge in [-0.05, 0) is 26.2 Å². The highest BCUT2D eigenvalue weighted by Crippen LogP contribution is 2.38. The largest absolute Gasteiger partial charge is 0.465 e. The van der Waals surface area contributed by atoms with Gasteiger partial charge < -0.3 is 9.26 Å². The minimum absolute atomic E-state index is 0.197. The van der Waals surface area contributed by atoms with Crippen molar-refractivity contribution in [3.05, 3.63) is 11.7 Å². The highest BCUT2D eigenvalue weighted by atomic mass is 16.5. The summed E-state index contributed by atoms with van der Waals surface area (Å²) >= 11 is 0. The summed E-state index contributed by atoms with van der Waals surface area (Å²) in [5.41, 5.74) is -0.718. The summed E-state index contributed by atoms with van der Waals surface area (Å²) in [4.78, 5) is 17.1. The first-order chi connectivity index (χ1) is 10.2. The van der Waals surface area contributed by atoms with Crippen molar-refractivity contribution in [3.8, 4) is 0 Å². The number of carbonyl (C=O) groups excluding carboxylic acids is 1. The third-order valence-corrected chi connectivity index (χ3v) is 4.25. The van der Waals surface area contributed by atoms with Crippen LogP contribution in [0.1, 0.15) is 76.9 Å². The molecule has 0 bridgehead atoms. The lowest BCUT2D eigenvalue weighted by molar-refractivity contribution is -0.152. The molecule has 0 aliphatic heterocycles. The van der Waals surface area contributed by atoms with E-state index in [1.807, 2.05) is 6.92 Å². The Morgan fingerprint density at radius 3 is 2.57 bits per heavy atom. The fourth-order valence-electron chi connectivity index (χ4n) is 2.99. The Bertz CT molecular complexity index is 448. The van der Waals surface area contributed by atoms with Crippen molar-refractivity contribution in [2.75, 3.05) is 6.61 Å². The molecule has 0 saturated heterocycles. The van der Waals surface area contributed by atoms with Crippen LogP contribution in [0.3, 0.4) is 0 Å². The number of hydrogen-bond donors (Lipinski definition) is 0. The zero-order valence-corrected chi connectivity index (χ0v) is 13.2. The Kier molecular flexibility index (Phi) is 5.76. The van der Waals surface area contributed by atoms with Gasteiger partial charge in [-0.25, -0.2) is 0 Å². The first-order valence-electron chi connectivity index (χ1n) is 8.23. The standard InChI is InChI=1S/C16H26N2O3/c1-3-5-10-13-17-14(21-18-13)16(15(19)20-4-2)11-8-6-7-9-12-16/h3-12H2,1-2H3. The van der Waals surface area contributed by atoms with Gasteiger partial charge in [-0.1, -0.05) is 44.2 Å². The number of aromatic nitrogens is 2. The van der Waals surface area contributed by atoms with E-state index in [-0.39, 0.29) is 5.97 Å². The lowest BCUT2D eigenvalue weighted by Gasteiger charge is -2.25. The van der Waals surface area contributed by atoms with Crippen molar-refractivity contribution in [2.45, 2.75) is 77.0 Å². The molecule has 0 aromatic carbocycles. The van der Waals surface area contributed by atoms with E-state index in [9.17, 15) is 4.79 Å². The molecule has 0 unspecified atom stereocenters. The van der Waals surface area contributed by atoms with E-state index in [0.717, 1.165) is 57.8 Å². The number of rotatable bonds is 6. The molecule has 0 spiro atoms. The number of carbonyl (C=O) groups is 1. The maximum absolute atomic E-state index is 12.5. The van der Waals surface area contributed by atoms with Gasteiger partial charge in [0.2, 0.25) is 5.89 Å². The van der Waals surface area contributed by atoms with Gasteiger partial charge in [0.1, 0.15) is 5.41 Å². The number of unbranched alkanes of at least 4 members (excludes halogenated alkanes) is 1. The topological polar surface area (TPSA) is 65.2 Å². The SMILES string of the molecule is CCCCc1noc(C2(C(=O)OCC)CCCCCC2)n1. The van der Waals surface area contributed by atoms with Gasteiger partial charge in [0.05, 0.1) is 6.61 Å². The van der Waals surface area contributed by atoms with Crippen LogP contribution in [0.15, 0.2) is 4.52 Å². The first kappa shape index (κ1) is 16.0. The Balaban J connectivity index is 2.25. The lowest BCUT2D eigenvalue weighted by Crippen LogP contribution is -2.37. The van der Waals surface area contributed by atoms with Crippen LogP contribution in [0.5, 0.6) is 0 Å². The minimum Gasteiger partial charge on any atom is -0.465 e. The molecule has 118 valence electrons. The summed E-state index contributed by atoms with van der Waals surface area (Å²) in [6.07, 6.45) is 8.74. The molecule has 1 aliphatic carbocycles. The molecule has 21 heavy (non-hydrogen) atoms.